The molecule has 0 radical (unpaired) electrons. The zero-order valence-corrected chi connectivity index (χ0v) is 20.8. The van der Waals surface area contributed by atoms with Crippen LogP contribution in [-0.2, 0) is 12.8 Å². The number of aromatic nitrogens is 3. The van der Waals surface area contributed by atoms with Crippen LogP contribution in [0.25, 0.3) is 5.82 Å². The molecular weight excluding hydrogens is 466 g/mol. The van der Waals surface area contributed by atoms with Gasteiger partial charge in [0.2, 0.25) is 0 Å². The molecule has 0 aromatic carbocycles. The molecule has 1 saturated carbocycles. The van der Waals surface area contributed by atoms with Crippen molar-refractivity contribution in [2.75, 3.05) is 6.54 Å². The lowest BCUT2D eigenvalue weighted by atomic mass is 9.81. The second kappa shape index (κ2) is 11.4. The van der Waals surface area contributed by atoms with Gasteiger partial charge in [0.25, 0.3) is 5.91 Å². The number of nitrogens with zero attached hydrogens (tertiary/aromatic N) is 3. The fourth-order valence-corrected chi connectivity index (χ4v) is 4.72. The first-order valence-electron chi connectivity index (χ1n) is 11.8. The van der Waals surface area contributed by atoms with Crippen molar-refractivity contribution in [3.8, 4) is 11.6 Å². The van der Waals surface area contributed by atoms with Gasteiger partial charge >= 0.3 is 6.61 Å². The van der Waals surface area contributed by atoms with Crippen LogP contribution in [0.4, 0.5) is 8.78 Å². The molecule has 3 atom stereocenters. The Morgan fingerprint density at radius 3 is 2.74 bits per heavy atom. The topological polar surface area (TPSA) is 89.3 Å². The molecule has 0 saturated heterocycles. The monoisotopic (exact) mass is 498 g/mol. The quantitative estimate of drug-likeness (QED) is 0.518. The average molecular weight is 499 g/mol. The van der Waals surface area contributed by atoms with E-state index in [4.69, 9.17) is 16.3 Å². The molecule has 0 unspecified atom stereocenters. The Kier molecular flexibility index (Phi) is 8.87. The summed E-state index contributed by atoms with van der Waals surface area (Å²) in [5.74, 6) is 0.556. The number of halogens is 3. The third-order valence-electron chi connectivity index (χ3n) is 6.13. The fourth-order valence-electron chi connectivity index (χ4n) is 4.41. The highest BCUT2D eigenvalue weighted by atomic mass is 35.5. The first-order chi connectivity index (χ1) is 16.1. The number of aliphatic hydroxyl groups excluding tert-OH is 1. The minimum Gasteiger partial charge on any atom is -0.431 e. The van der Waals surface area contributed by atoms with E-state index < -0.39 is 18.6 Å². The van der Waals surface area contributed by atoms with E-state index in [1.165, 1.54) is 10.6 Å². The summed E-state index contributed by atoms with van der Waals surface area (Å²) < 4.78 is 32.5. The Hall–Kier alpha value is -2.26. The number of alkyl halides is 2. The number of hydrogen-bond donors (Lipinski definition) is 2. The lowest BCUT2D eigenvalue weighted by Crippen LogP contribution is -2.38. The SMILES string of the molecule is CCc1nc(C(=O)NC[C@H]2CC[C@H](C)C[C@@H]2O)c(Cl)n1-c1ncc(CC(C)C)cc1OC(F)F. The molecule has 0 aliphatic heterocycles. The predicted molar refractivity (Wildman–Crippen MR) is 126 cm³/mol. The molecule has 2 aromatic rings. The molecule has 0 bridgehead atoms. The standard InChI is InChI=1S/C24H33ClF2N4O3/c1-5-19-30-20(23(33)29-12-16-7-6-14(4)9-17(16)32)21(25)31(19)22-18(34-24(26)27)10-15(11-28-22)8-13(2)3/h10-11,13-14,16-17,24,32H,5-9,12H2,1-4H3,(H,29,33)/t14-,16+,17-/m0/s1. The molecule has 1 aliphatic carbocycles. The maximum atomic E-state index is 13.2. The van der Waals surface area contributed by atoms with Gasteiger partial charge in [-0.2, -0.15) is 8.78 Å². The molecule has 2 heterocycles. The van der Waals surface area contributed by atoms with Crippen molar-refractivity contribution in [2.45, 2.75) is 72.5 Å². The lowest BCUT2D eigenvalue weighted by Gasteiger charge is -2.31. The molecule has 1 amide bonds. The van der Waals surface area contributed by atoms with Gasteiger partial charge in [-0.1, -0.05) is 45.7 Å². The number of aryl methyl sites for hydroxylation is 1. The number of aliphatic hydroxyl groups is 1. The van der Waals surface area contributed by atoms with E-state index in [1.54, 1.807) is 6.20 Å². The van der Waals surface area contributed by atoms with E-state index >= 15 is 0 Å². The number of imidazole rings is 1. The lowest BCUT2D eigenvalue weighted by molar-refractivity contribution is -0.0501. The summed E-state index contributed by atoms with van der Waals surface area (Å²) in [5, 5.41) is 13.1. The molecule has 10 heteroatoms. The number of hydrogen-bond acceptors (Lipinski definition) is 5. The number of carbonyl (C=O) groups excluding carboxylic acids is 1. The van der Waals surface area contributed by atoms with E-state index in [1.807, 2.05) is 20.8 Å². The van der Waals surface area contributed by atoms with Crippen molar-refractivity contribution in [3.05, 3.63) is 34.5 Å². The minimum absolute atomic E-state index is 0.0202. The van der Waals surface area contributed by atoms with E-state index in [2.05, 4.69) is 22.2 Å². The van der Waals surface area contributed by atoms with Gasteiger partial charge in [-0.25, -0.2) is 9.97 Å². The molecule has 1 fully saturated rings. The van der Waals surface area contributed by atoms with Crippen LogP contribution < -0.4 is 10.1 Å². The molecule has 188 valence electrons. The molecule has 0 spiro atoms. The second-order valence-corrected chi connectivity index (χ2v) is 9.81. The minimum atomic E-state index is -3.05. The molecule has 34 heavy (non-hydrogen) atoms. The molecule has 3 rings (SSSR count). The third kappa shape index (κ3) is 6.24. The highest BCUT2D eigenvalue weighted by molar-refractivity contribution is 6.32. The maximum absolute atomic E-state index is 13.2. The molecule has 2 N–H and O–H groups in total. The van der Waals surface area contributed by atoms with Crippen molar-refractivity contribution in [1.29, 1.82) is 0 Å². The molecule has 7 nitrogen and oxygen atoms in total. The zero-order valence-electron chi connectivity index (χ0n) is 20.0. The summed E-state index contributed by atoms with van der Waals surface area (Å²) in [6, 6.07) is 1.52. The van der Waals surface area contributed by atoms with Crippen LogP contribution in [0, 0.1) is 17.8 Å². The van der Waals surface area contributed by atoms with E-state index in [0.29, 0.717) is 43.5 Å². The first-order valence-corrected chi connectivity index (χ1v) is 12.2. The fraction of sp³-hybridized carbons (Fsp3) is 0.625. The number of carbonyl (C=O) groups is 1. The van der Waals surface area contributed by atoms with Crippen LogP contribution in [0.5, 0.6) is 5.75 Å². The highest BCUT2D eigenvalue weighted by Gasteiger charge is 2.29. The van der Waals surface area contributed by atoms with E-state index in [-0.39, 0.29) is 28.3 Å². The summed E-state index contributed by atoms with van der Waals surface area (Å²) >= 11 is 6.55. The van der Waals surface area contributed by atoms with Crippen LogP contribution in [0.1, 0.15) is 68.8 Å². The Labute approximate surface area is 203 Å². The number of rotatable bonds is 9. The van der Waals surface area contributed by atoms with Gasteiger partial charge in [0.15, 0.2) is 17.3 Å². The number of pyridine rings is 1. The molecule has 1 aliphatic rings. The van der Waals surface area contributed by atoms with Gasteiger partial charge in [0.05, 0.1) is 6.10 Å². The molecule has 2 aromatic heterocycles. The number of nitrogens with one attached hydrogen (secondary N) is 1. The van der Waals surface area contributed by atoms with Gasteiger partial charge in [0, 0.05) is 25.1 Å². The summed E-state index contributed by atoms with van der Waals surface area (Å²) in [6.07, 6.45) is 4.69. The number of amides is 1. The molecular formula is C24H33ClF2N4O3. The zero-order chi connectivity index (χ0) is 25.0. The van der Waals surface area contributed by atoms with E-state index in [9.17, 15) is 18.7 Å². The highest BCUT2D eigenvalue weighted by Crippen LogP contribution is 2.32. The second-order valence-electron chi connectivity index (χ2n) is 9.45. The van der Waals surface area contributed by atoms with Crippen molar-refractivity contribution >= 4 is 17.5 Å². The summed E-state index contributed by atoms with van der Waals surface area (Å²) in [7, 11) is 0. The number of ether oxygens (including phenoxy) is 1. The van der Waals surface area contributed by atoms with Gasteiger partial charge in [-0.15, -0.1) is 0 Å². The smallest absolute Gasteiger partial charge is 0.387 e. The van der Waals surface area contributed by atoms with Crippen LogP contribution in [0.3, 0.4) is 0 Å². The largest absolute Gasteiger partial charge is 0.431 e. The van der Waals surface area contributed by atoms with Crippen molar-refractivity contribution < 1.29 is 23.4 Å². The maximum Gasteiger partial charge on any atom is 0.387 e. The Morgan fingerprint density at radius 1 is 1.38 bits per heavy atom. The Balaban J connectivity index is 1.89. The summed E-state index contributed by atoms with van der Waals surface area (Å²) in [4.78, 5) is 21.6. The normalized spacial score (nSPS) is 20.7. The van der Waals surface area contributed by atoms with Crippen LogP contribution in [0.2, 0.25) is 5.15 Å². The summed E-state index contributed by atoms with van der Waals surface area (Å²) in [5.41, 5.74) is 0.732. The van der Waals surface area contributed by atoms with Crippen molar-refractivity contribution in [3.63, 3.8) is 0 Å². The third-order valence-corrected chi connectivity index (χ3v) is 6.47. The average Bonchev–Trinajstić information content (AvgIpc) is 3.08. The Morgan fingerprint density at radius 2 is 2.12 bits per heavy atom. The van der Waals surface area contributed by atoms with E-state index in [0.717, 1.165) is 18.4 Å². The predicted octanol–water partition coefficient (Wildman–Crippen LogP) is 4.81. The van der Waals surface area contributed by atoms with Crippen molar-refractivity contribution in [2.24, 2.45) is 17.8 Å². The Bertz CT molecular complexity index is 999. The van der Waals surface area contributed by atoms with Crippen LogP contribution in [-0.4, -0.2) is 44.8 Å². The summed E-state index contributed by atoms with van der Waals surface area (Å²) in [6.45, 7) is 5.21. The van der Waals surface area contributed by atoms with Gasteiger partial charge < -0.3 is 15.2 Å². The van der Waals surface area contributed by atoms with Gasteiger partial charge in [-0.05, 0) is 42.7 Å². The first kappa shape index (κ1) is 26.3. The van der Waals surface area contributed by atoms with Crippen LogP contribution in [0.15, 0.2) is 12.3 Å². The van der Waals surface area contributed by atoms with Crippen LogP contribution >= 0.6 is 11.6 Å². The van der Waals surface area contributed by atoms with Gasteiger partial charge in [-0.3, -0.25) is 9.36 Å². The van der Waals surface area contributed by atoms with Crippen molar-refractivity contribution in [1.82, 2.24) is 19.9 Å². The van der Waals surface area contributed by atoms with Gasteiger partial charge in [0.1, 0.15) is 11.0 Å².